The number of aliphatic hydroxyl groups is 2. The fourth-order valence-electron chi connectivity index (χ4n) is 3.55. The number of rotatable bonds is 4. The Morgan fingerprint density at radius 3 is 1.97 bits per heavy atom. The van der Waals surface area contributed by atoms with Crippen LogP contribution in [0.1, 0.15) is 12.8 Å². The fourth-order valence-corrected chi connectivity index (χ4v) is 3.55. The van der Waals surface area contributed by atoms with Crippen molar-refractivity contribution in [3.8, 4) is 0 Å². The Labute approximate surface area is 175 Å². The number of aliphatic hydroxyl groups excluding tert-OH is 2. The maximum Gasteiger partial charge on any atom is 0.333 e. The Kier molecular flexibility index (Phi) is 9.40. The molecule has 0 aromatic heterocycles. The Balaban J connectivity index is 0.000000216. The average Bonchev–Trinajstić information content (AvgIpc) is 2.79. The molecule has 3 rings (SSSR count). The Hall–Kier alpha value is -1.82. The summed E-state index contributed by atoms with van der Waals surface area (Å²) in [5.74, 6) is -0.826. The second-order valence-electron chi connectivity index (χ2n) is 6.98. The molecular weight excluding hydrogens is 400 g/mol. The van der Waals surface area contributed by atoms with Crippen molar-refractivity contribution in [2.75, 3.05) is 41.7 Å². The van der Waals surface area contributed by atoms with E-state index in [0.29, 0.717) is 30.8 Å². The van der Waals surface area contributed by atoms with Crippen LogP contribution in [0.25, 0.3) is 0 Å². The number of methoxy groups -OCH3 is 4. The lowest BCUT2D eigenvalue weighted by Gasteiger charge is -2.38. The predicted octanol–water partition coefficient (Wildman–Crippen LogP) is -0.485. The molecule has 0 aromatic rings. The second kappa shape index (κ2) is 11.5. The number of hydrogen-bond acceptors (Lipinski definition) is 10. The molecule has 1 fully saturated rings. The van der Waals surface area contributed by atoms with Gasteiger partial charge >= 0.3 is 11.9 Å². The summed E-state index contributed by atoms with van der Waals surface area (Å²) in [6.45, 7) is 1.12. The normalized spacial score (nSPS) is 33.1. The first kappa shape index (κ1) is 24.4. The van der Waals surface area contributed by atoms with Gasteiger partial charge in [0.2, 0.25) is 0 Å². The summed E-state index contributed by atoms with van der Waals surface area (Å²) >= 11 is 0. The lowest BCUT2D eigenvalue weighted by molar-refractivity contribution is -0.172. The van der Waals surface area contributed by atoms with E-state index >= 15 is 0 Å². The third-order valence-corrected chi connectivity index (χ3v) is 5.21. The minimum Gasteiger partial charge on any atom is -0.466 e. The standard InChI is InChI=1S/C11H16O5.C9H14O5/c1-13-8-5-7(11(12)14-2)6-9-10(8)16-4-3-15-9;1-13-7-4-5(9(12)14-2)3-6(10)8(7)11/h6,8-10H,3-5H2,1-2H3;3,6-8,10-11H,4H2,1-2H3. The van der Waals surface area contributed by atoms with E-state index in [1.807, 2.05) is 0 Å². The van der Waals surface area contributed by atoms with Crippen LogP contribution in [0.5, 0.6) is 0 Å². The minimum atomic E-state index is -1.08. The van der Waals surface area contributed by atoms with Crippen molar-refractivity contribution < 1.29 is 48.2 Å². The highest BCUT2D eigenvalue weighted by molar-refractivity contribution is 5.89. The molecular formula is C20H30O10. The van der Waals surface area contributed by atoms with Gasteiger partial charge in [0.25, 0.3) is 0 Å². The Bertz CT molecular complexity index is 658. The molecule has 1 heterocycles. The van der Waals surface area contributed by atoms with Gasteiger partial charge in [-0.25, -0.2) is 9.59 Å². The number of ether oxygens (including phenoxy) is 6. The van der Waals surface area contributed by atoms with E-state index in [4.69, 9.17) is 23.7 Å². The topological polar surface area (TPSA) is 130 Å². The SMILES string of the molecule is COC(=O)C1=CC(O)C(O)C(OC)C1.COC(=O)C1=CC2OCCOC2C(OC)C1. The van der Waals surface area contributed by atoms with Crippen LogP contribution in [-0.4, -0.2) is 100 Å². The molecule has 2 aliphatic carbocycles. The summed E-state index contributed by atoms with van der Waals surface area (Å²) in [4.78, 5) is 22.6. The van der Waals surface area contributed by atoms with Gasteiger partial charge in [-0.3, -0.25) is 0 Å². The Morgan fingerprint density at radius 2 is 1.40 bits per heavy atom. The van der Waals surface area contributed by atoms with Crippen molar-refractivity contribution in [1.29, 1.82) is 0 Å². The number of fused-ring (bicyclic) bond motifs is 1. The number of esters is 2. The van der Waals surface area contributed by atoms with Crippen LogP contribution in [0, 0.1) is 0 Å². The van der Waals surface area contributed by atoms with Crippen LogP contribution < -0.4 is 0 Å². The van der Waals surface area contributed by atoms with Gasteiger partial charge in [-0.15, -0.1) is 0 Å². The van der Waals surface area contributed by atoms with Gasteiger partial charge in [0.15, 0.2) is 0 Å². The zero-order valence-corrected chi connectivity index (χ0v) is 17.6. The van der Waals surface area contributed by atoms with E-state index in [1.165, 1.54) is 27.4 Å². The number of hydrogen-bond donors (Lipinski definition) is 2. The highest BCUT2D eigenvalue weighted by Crippen LogP contribution is 2.28. The molecule has 0 bridgehead atoms. The third-order valence-electron chi connectivity index (χ3n) is 5.21. The first-order chi connectivity index (χ1) is 14.4. The summed E-state index contributed by atoms with van der Waals surface area (Å²) in [6.07, 6.45) is 0.727. The van der Waals surface area contributed by atoms with E-state index in [0.717, 1.165) is 0 Å². The van der Waals surface area contributed by atoms with Crippen LogP contribution in [0.4, 0.5) is 0 Å². The van der Waals surface area contributed by atoms with Crippen molar-refractivity contribution in [2.24, 2.45) is 0 Å². The second-order valence-corrected chi connectivity index (χ2v) is 6.98. The summed E-state index contributed by atoms with van der Waals surface area (Å²) in [6, 6.07) is 0. The van der Waals surface area contributed by atoms with E-state index in [2.05, 4.69) is 4.74 Å². The van der Waals surface area contributed by atoms with Crippen LogP contribution in [0.3, 0.4) is 0 Å². The molecule has 0 amide bonds. The fraction of sp³-hybridized carbons (Fsp3) is 0.700. The van der Waals surface area contributed by atoms with Gasteiger partial charge in [0, 0.05) is 38.2 Å². The van der Waals surface area contributed by atoms with Crippen LogP contribution >= 0.6 is 0 Å². The minimum absolute atomic E-state index is 0.118. The summed E-state index contributed by atoms with van der Waals surface area (Å²) < 4.78 is 30.6. The van der Waals surface area contributed by atoms with Gasteiger partial charge in [-0.1, -0.05) is 0 Å². The number of carbonyl (C=O) groups excluding carboxylic acids is 2. The molecule has 6 atom stereocenters. The van der Waals surface area contributed by atoms with E-state index in [-0.39, 0.29) is 30.7 Å². The maximum atomic E-state index is 11.5. The molecule has 0 spiro atoms. The summed E-state index contributed by atoms with van der Waals surface area (Å²) in [7, 11) is 5.67. The monoisotopic (exact) mass is 430 g/mol. The van der Waals surface area contributed by atoms with Gasteiger partial charge in [0.05, 0.1) is 39.6 Å². The van der Waals surface area contributed by atoms with Crippen LogP contribution in [-0.2, 0) is 38.0 Å². The van der Waals surface area contributed by atoms with Crippen molar-refractivity contribution in [3.63, 3.8) is 0 Å². The largest absolute Gasteiger partial charge is 0.466 e. The zero-order valence-electron chi connectivity index (χ0n) is 17.6. The first-order valence-electron chi connectivity index (χ1n) is 9.59. The van der Waals surface area contributed by atoms with Gasteiger partial charge in [0.1, 0.15) is 24.4 Å². The zero-order chi connectivity index (χ0) is 22.3. The lowest BCUT2D eigenvalue weighted by atomic mass is 9.91. The molecule has 10 heteroatoms. The summed E-state index contributed by atoms with van der Waals surface area (Å²) in [5, 5.41) is 18.8. The molecule has 2 N–H and O–H groups in total. The highest BCUT2D eigenvalue weighted by Gasteiger charge is 2.39. The predicted molar refractivity (Wildman–Crippen MR) is 103 cm³/mol. The maximum absolute atomic E-state index is 11.5. The third kappa shape index (κ3) is 5.87. The van der Waals surface area contributed by atoms with Gasteiger partial charge in [-0.2, -0.15) is 0 Å². The molecule has 1 aliphatic heterocycles. The van der Waals surface area contributed by atoms with E-state index in [1.54, 1.807) is 13.2 Å². The first-order valence-corrected chi connectivity index (χ1v) is 9.59. The van der Waals surface area contributed by atoms with Crippen molar-refractivity contribution in [3.05, 3.63) is 23.3 Å². The smallest absolute Gasteiger partial charge is 0.333 e. The van der Waals surface area contributed by atoms with E-state index in [9.17, 15) is 19.8 Å². The quantitative estimate of drug-likeness (QED) is 0.564. The Morgan fingerprint density at radius 1 is 0.867 bits per heavy atom. The van der Waals surface area contributed by atoms with Gasteiger partial charge in [-0.05, 0) is 12.2 Å². The molecule has 0 aromatic carbocycles. The molecule has 30 heavy (non-hydrogen) atoms. The molecule has 0 saturated carbocycles. The number of carbonyl (C=O) groups is 2. The van der Waals surface area contributed by atoms with E-state index < -0.39 is 24.3 Å². The lowest BCUT2D eigenvalue weighted by Crippen LogP contribution is -2.49. The molecule has 170 valence electrons. The average molecular weight is 430 g/mol. The summed E-state index contributed by atoms with van der Waals surface area (Å²) in [5.41, 5.74) is 0.929. The van der Waals surface area contributed by atoms with Crippen LogP contribution in [0.15, 0.2) is 23.3 Å². The molecule has 10 nitrogen and oxygen atoms in total. The van der Waals surface area contributed by atoms with Crippen LogP contribution in [0.2, 0.25) is 0 Å². The molecule has 3 aliphatic rings. The van der Waals surface area contributed by atoms with Crippen molar-refractivity contribution >= 4 is 11.9 Å². The molecule has 6 unspecified atom stereocenters. The van der Waals surface area contributed by atoms with Crippen molar-refractivity contribution in [1.82, 2.24) is 0 Å². The highest BCUT2D eigenvalue weighted by atomic mass is 16.6. The molecule has 1 saturated heterocycles. The van der Waals surface area contributed by atoms with Crippen molar-refractivity contribution in [2.45, 2.75) is 49.5 Å². The molecule has 0 radical (unpaired) electrons. The van der Waals surface area contributed by atoms with Gasteiger partial charge < -0.3 is 38.6 Å².